The van der Waals surface area contributed by atoms with Crippen molar-refractivity contribution in [3.63, 3.8) is 0 Å². The lowest BCUT2D eigenvalue weighted by molar-refractivity contribution is -0.0365. The number of rotatable bonds is 14. The van der Waals surface area contributed by atoms with Crippen LogP contribution < -0.4 is 4.43 Å². The first-order chi connectivity index (χ1) is 20.7. The van der Waals surface area contributed by atoms with E-state index < -0.39 is 8.32 Å². The van der Waals surface area contributed by atoms with Gasteiger partial charge in [-0.25, -0.2) is 4.68 Å². The van der Waals surface area contributed by atoms with Gasteiger partial charge < -0.3 is 18.6 Å². The Balaban J connectivity index is 1.20. The van der Waals surface area contributed by atoms with Crippen LogP contribution in [0, 0.1) is 0 Å². The zero-order chi connectivity index (χ0) is 30.3. The Kier molecular flexibility index (Phi) is 10.4. The summed E-state index contributed by atoms with van der Waals surface area (Å²) in [6.45, 7) is 15.6. The minimum absolute atomic E-state index is 0.0515. The predicted octanol–water partition coefficient (Wildman–Crippen LogP) is 8.00. The highest BCUT2D eigenvalue weighted by Gasteiger charge is 2.39. The van der Waals surface area contributed by atoms with E-state index in [4.69, 9.17) is 23.7 Å². The number of hydrogen-bond donors (Lipinski definition) is 0. The van der Waals surface area contributed by atoms with Crippen LogP contribution in [-0.2, 0) is 27.4 Å². The predicted molar refractivity (Wildman–Crippen MR) is 174 cm³/mol. The van der Waals surface area contributed by atoms with E-state index in [1.807, 2.05) is 29.1 Å². The molecule has 1 saturated heterocycles. The van der Waals surface area contributed by atoms with Gasteiger partial charge >= 0.3 is 0 Å². The quantitative estimate of drug-likeness (QED) is 0.107. The molecular weight excluding hydrogens is 556 g/mol. The number of fused-ring (bicyclic) bond motifs is 1. The summed E-state index contributed by atoms with van der Waals surface area (Å²) in [6, 6.07) is 16.7. The van der Waals surface area contributed by atoms with Crippen molar-refractivity contribution in [2.45, 2.75) is 90.4 Å². The largest absolute Gasteiger partial charge is 0.543 e. The van der Waals surface area contributed by atoms with Gasteiger partial charge in [-0.15, -0.1) is 0 Å². The summed E-state index contributed by atoms with van der Waals surface area (Å²) in [5.41, 5.74) is 4.17. The van der Waals surface area contributed by atoms with E-state index in [1.54, 1.807) is 0 Å². The number of benzene rings is 2. The maximum absolute atomic E-state index is 6.68. The van der Waals surface area contributed by atoms with Crippen molar-refractivity contribution in [1.29, 1.82) is 0 Å². The molecule has 9 heteroatoms. The fourth-order valence-corrected chi connectivity index (χ4v) is 6.04. The standard InChI is InChI=1S/C34H48N4O4Si/c1-34(2,3)43(4,5)42-29-16-17-31-30(23-29)33(36-38(31)32-15-9-10-21-41-32)28-24-35-37(25-28)18-22-39-19-11-12-20-40-26-27-13-7-6-8-14-27/h6-8,13-14,16-17,23-25,32H,9-12,15,18-22,26H2,1-5H3. The second-order valence-electron chi connectivity index (χ2n) is 13.0. The van der Waals surface area contributed by atoms with Gasteiger partial charge in [-0.05, 0) is 74.0 Å². The SMILES string of the molecule is CC(C)(C)[Si](C)(C)Oc1ccc2c(c1)c(-c1cnn(CCOCCCCOCc3ccccc3)c1)nn2C1CCCCO1. The van der Waals surface area contributed by atoms with Crippen LogP contribution in [0.3, 0.4) is 0 Å². The molecule has 8 nitrogen and oxygen atoms in total. The molecule has 43 heavy (non-hydrogen) atoms. The van der Waals surface area contributed by atoms with Crippen molar-refractivity contribution in [2.24, 2.45) is 0 Å². The lowest BCUT2D eigenvalue weighted by Gasteiger charge is -2.36. The maximum atomic E-state index is 6.68. The first-order valence-electron chi connectivity index (χ1n) is 15.8. The molecule has 1 fully saturated rings. The molecule has 0 aliphatic carbocycles. The molecule has 0 amide bonds. The first-order valence-corrected chi connectivity index (χ1v) is 18.7. The van der Waals surface area contributed by atoms with Gasteiger partial charge in [-0.2, -0.15) is 10.2 Å². The highest BCUT2D eigenvalue weighted by Crippen LogP contribution is 2.39. The van der Waals surface area contributed by atoms with E-state index >= 15 is 0 Å². The Labute approximate surface area is 257 Å². The summed E-state index contributed by atoms with van der Waals surface area (Å²) >= 11 is 0. The van der Waals surface area contributed by atoms with E-state index in [-0.39, 0.29) is 11.3 Å². The smallest absolute Gasteiger partial charge is 0.250 e. The second-order valence-corrected chi connectivity index (χ2v) is 17.7. The van der Waals surface area contributed by atoms with Gasteiger partial charge in [0.25, 0.3) is 0 Å². The molecule has 1 unspecified atom stereocenters. The van der Waals surface area contributed by atoms with Gasteiger partial charge in [-0.1, -0.05) is 51.1 Å². The van der Waals surface area contributed by atoms with Crippen LogP contribution >= 0.6 is 0 Å². The minimum atomic E-state index is -1.99. The van der Waals surface area contributed by atoms with Crippen LogP contribution in [-0.4, -0.2) is 54.3 Å². The number of ether oxygens (including phenoxy) is 3. The summed E-state index contributed by atoms with van der Waals surface area (Å²) < 4.78 is 28.5. The van der Waals surface area contributed by atoms with Crippen LogP contribution in [0.4, 0.5) is 0 Å². The zero-order valence-electron chi connectivity index (χ0n) is 26.6. The monoisotopic (exact) mass is 604 g/mol. The fourth-order valence-electron chi connectivity index (χ4n) is 5.02. The Morgan fingerprint density at radius 2 is 1.77 bits per heavy atom. The minimum Gasteiger partial charge on any atom is -0.543 e. The molecule has 0 spiro atoms. The second kappa shape index (κ2) is 14.2. The maximum Gasteiger partial charge on any atom is 0.250 e. The average molecular weight is 605 g/mol. The van der Waals surface area contributed by atoms with E-state index in [9.17, 15) is 0 Å². The van der Waals surface area contributed by atoms with Gasteiger partial charge in [-0.3, -0.25) is 4.68 Å². The molecule has 1 aliphatic heterocycles. The van der Waals surface area contributed by atoms with Gasteiger partial charge in [0.15, 0.2) is 6.23 Å². The van der Waals surface area contributed by atoms with Gasteiger partial charge in [0.05, 0.1) is 31.5 Å². The Bertz CT molecular complexity index is 1440. The topological polar surface area (TPSA) is 72.6 Å². The van der Waals surface area contributed by atoms with Crippen LogP contribution in [0.2, 0.25) is 18.1 Å². The number of nitrogens with zero attached hydrogens (tertiary/aromatic N) is 4. The van der Waals surface area contributed by atoms with Crippen molar-refractivity contribution < 1.29 is 18.6 Å². The molecule has 0 N–H and O–H groups in total. The van der Waals surface area contributed by atoms with Crippen molar-refractivity contribution >= 4 is 19.2 Å². The van der Waals surface area contributed by atoms with E-state index in [1.165, 1.54) is 5.56 Å². The van der Waals surface area contributed by atoms with Gasteiger partial charge in [0, 0.05) is 37.0 Å². The summed E-state index contributed by atoms with van der Waals surface area (Å²) in [7, 11) is -1.99. The third kappa shape index (κ3) is 8.15. The van der Waals surface area contributed by atoms with Crippen molar-refractivity contribution in [3.8, 4) is 17.0 Å². The molecule has 232 valence electrons. The molecular formula is C34H48N4O4Si. The Morgan fingerprint density at radius 1 is 0.977 bits per heavy atom. The van der Waals surface area contributed by atoms with Crippen LogP contribution in [0.1, 0.15) is 64.7 Å². The molecule has 2 aromatic carbocycles. The van der Waals surface area contributed by atoms with E-state index in [0.29, 0.717) is 19.8 Å². The van der Waals surface area contributed by atoms with E-state index in [2.05, 4.69) is 80.2 Å². The number of unbranched alkanes of at least 4 members (excludes halogenated alkanes) is 1. The molecule has 4 aromatic rings. The lowest BCUT2D eigenvalue weighted by atomic mass is 10.1. The highest BCUT2D eigenvalue weighted by molar-refractivity contribution is 6.74. The fraction of sp³-hybridized carbons (Fsp3) is 0.529. The summed E-state index contributed by atoms with van der Waals surface area (Å²) in [5, 5.41) is 10.9. The van der Waals surface area contributed by atoms with Gasteiger partial charge in [0.1, 0.15) is 11.4 Å². The Hall–Kier alpha value is -2.98. The molecule has 1 atom stereocenters. The lowest BCUT2D eigenvalue weighted by Crippen LogP contribution is -2.43. The zero-order valence-corrected chi connectivity index (χ0v) is 27.6. The van der Waals surface area contributed by atoms with Crippen molar-refractivity contribution in [3.05, 3.63) is 66.5 Å². The number of hydrogen-bond acceptors (Lipinski definition) is 6. The van der Waals surface area contributed by atoms with Crippen LogP contribution in [0.5, 0.6) is 5.75 Å². The van der Waals surface area contributed by atoms with Crippen molar-refractivity contribution in [1.82, 2.24) is 19.6 Å². The third-order valence-corrected chi connectivity index (χ3v) is 13.0. The normalized spacial score (nSPS) is 16.2. The number of aromatic nitrogens is 4. The van der Waals surface area contributed by atoms with Crippen LogP contribution in [0.25, 0.3) is 22.2 Å². The molecule has 5 rings (SSSR count). The molecule has 2 aromatic heterocycles. The first kappa shape index (κ1) is 31.4. The summed E-state index contributed by atoms with van der Waals surface area (Å²) in [6.07, 6.45) is 9.09. The molecule has 0 bridgehead atoms. The third-order valence-electron chi connectivity index (χ3n) is 8.60. The molecule has 0 saturated carbocycles. The van der Waals surface area contributed by atoms with Crippen LogP contribution in [0.15, 0.2) is 60.9 Å². The summed E-state index contributed by atoms with van der Waals surface area (Å²) in [4.78, 5) is 0. The van der Waals surface area contributed by atoms with Crippen molar-refractivity contribution in [2.75, 3.05) is 26.4 Å². The van der Waals surface area contributed by atoms with Gasteiger partial charge in [0.2, 0.25) is 8.32 Å². The van der Waals surface area contributed by atoms with E-state index in [0.717, 1.165) is 79.8 Å². The average Bonchev–Trinajstić information content (AvgIpc) is 3.61. The molecule has 1 aliphatic rings. The molecule has 3 heterocycles. The highest BCUT2D eigenvalue weighted by atomic mass is 28.4. The summed E-state index contributed by atoms with van der Waals surface area (Å²) in [5.74, 6) is 0.899. The molecule has 0 radical (unpaired) electrons. The Morgan fingerprint density at radius 3 is 2.51 bits per heavy atom.